The Morgan fingerprint density at radius 1 is 1.45 bits per heavy atom. The second kappa shape index (κ2) is 6.15. The van der Waals surface area contributed by atoms with Gasteiger partial charge in [-0.15, -0.1) is 0 Å². The van der Waals surface area contributed by atoms with Crippen LogP contribution in [0.4, 0.5) is 0 Å². The van der Waals surface area contributed by atoms with Crippen LogP contribution >= 0.6 is 0 Å². The van der Waals surface area contributed by atoms with Gasteiger partial charge in [-0.3, -0.25) is 0 Å². The first-order valence-corrected chi connectivity index (χ1v) is 7.47. The number of aliphatic hydroxyl groups is 1. The zero-order valence-electron chi connectivity index (χ0n) is 13.8. The number of nitrogens with zero attached hydrogens (tertiary/aromatic N) is 2. The summed E-state index contributed by atoms with van der Waals surface area (Å²) in [4.78, 5) is 4.31. The highest BCUT2D eigenvalue weighted by Gasteiger charge is 2.71. The van der Waals surface area contributed by atoms with E-state index in [0.29, 0.717) is 0 Å². The molecule has 0 bridgehead atoms. The largest absolute Gasteiger partial charge is 0.362 e. The highest BCUT2D eigenvalue weighted by molar-refractivity contribution is 5.73. The summed E-state index contributed by atoms with van der Waals surface area (Å²) < 4.78 is 7.00. The van der Waals surface area contributed by atoms with E-state index in [0.717, 1.165) is 16.7 Å². The summed E-state index contributed by atoms with van der Waals surface area (Å²) >= 11 is 0. The molecule has 1 fully saturated rings. The van der Waals surface area contributed by atoms with Crippen molar-refractivity contribution in [3.8, 4) is 0 Å². The molecule has 0 aromatic heterocycles. The molecule has 1 aromatic rings. The third kappa shape index (κ3) is 2.89. The number of ether oxygens (including phenoxy) is 1. The Hall–Kier alpha value is -1.78. The van der Waals surface area contributed by atoms with Gasteiger partial charge in [0.1, 0.15) is 6.04 Å². The quantitative estimate of drug-likeness (QED) is 0.380. The molecule has 0 radical (unpaired) electrons. The van der Waals surface area contributed by atoms with Gasteiger partial charge >= 0.3 is 0 Å². The first kappa shape index (κ1) is 16.6. The van der Waals surface area contributed by atoms with Crippen LogP contribution in [0.25, 0.3) is 5.57 Å². The molecule has 0 spiro atoms. The van der Waals surface area contributed by atoms with Crippen LogP contribution in [-0.2, 0) is 4.74 Å². The maximum absolute atomic E-state index is 10.7. The molecular formula is C18H25N2O2+. The van der Waals surface area contributed by atoms with Gasteiger partial charge in [0.15, 0.2) is 6.04 Å². The van der Waals surface area contributed by atoms with Gasteiger partial charge in [-0.1, -0.05) is 35.8 Å². The van der Waals surface area contributed by atoms with Gasteiger partial charge in [0.05, 0.1) is 12.6 Å². The standard InChI is InChI=1S/C18H25N2O2/c1-12(2)19-11-20(5)17-16(18(17,21)22-6)14(4)15-10-8-7-9-13(15)3/h7-12,16-17,21H,4-5H2,1-3,6H3/q+1/b19-11-. The molecule has 1 aliphatic rings. The highest BCUT2D eigenvalue weighted by atomic mass is 16.6. The molecule has 0 saturated heterocycles. The van der Waals surface area contributed by atoms with Crippen LogP contribution in [0.15, 0.2) is 35.8 Å². The Morgan fingerprint density at radius 2 is 2.09 bits per heavy atom. The van der Waals surface area contributed by atoms with E-state index in [1.165, 1.54) is 7.11 Å². The van der Waals surface area contributed by atoms with Crippen molar-refractivity contribution < 1.29 is 14.4 Å². The van der Waals surface area contributed by atoms with Crippen LogP contribution in [0.2, 0.25) is 0 Å². The Bertz CT molecular complexity index is 621. The van der Waals surface area contributed by atoms with Crippen LogP contribution in [0.3, 0.4) is 0 Å². The normalized spacial score (nSPS) is 27.4. The van der Waals surface area contributed by atoms with E-state index >= 15 is 0 Å². The average molecular weight is 301 g/mol. The minimum absolute atomic E-state index is 0.177. The molecule has 1 saturated carbocycles. The number of rotatable bonds is 6. The molecule has 0 aliphatic heterocycles. The highest BCUT2D eigenvalue weighted by Crippen LogP contribution is 2.53. The maximum Gasteiger partial charge on any atom is 0.280 e. The number of aryl methyl sites for hydroxylation is 1. The maximum atomic E-state index is 10.7. The monoisotopic (exact) mass is 301 g/mol. The van der Waals surface area contributed by atoms with Gasteiger partial charge in [-0.05, 0) is 37.5 Å². The van der Waals surface area contributed by atoms with Gasteiger partial charge in [0, 0.05) is 7.11 Å². The summed E-state index contributed by atoms with van der Waals surface area (Å²) in [5.74, 6) is -1.50. The predicted molar refractivity (Wildman–Crippen MR) is 90.5 cm³/mol. The third-order valence-corrected chi connectivity index (χ3v) is 4.14. The molecule has 1 N–H and O–H groups in total. The smallest absolute Gasteiger partial charge is 0.280 e. The average Bonchev–Trinajstić information content (AvgIpc) is 3.11. The van der Waals surface area contributed by atoms with Gasteiger partial charge in [0.2, 0.25) is 5.79 Å². The van der Waals surface area contributed by atoms with Crippen LogP contribution in [0.1, 0.15) is 25.0 Å². The van der Waals surface area contributed by atoms with Crippen LogP contribution in [-0.4, -0.2) is 47.7 Å². The van der Waals surface area contributed by atoms with E-state index < -0.39 is 5.79 Å². The first-order valence-electron chi connectivity index (χ1n) is 7.47. The Balaban J connectivity index is 2.25. The van der Waals surface area contributed by atoms with E-state index in [4.69, 9.17) is 4.74 Å². The van der Waals surface area contributed by atoms with Crippen molar-refractivity contribution in [1.82, 2.24) is 0 Å². The Kier molecular flexibility index (Phi) is 4.63. The molecule has 4 nitrogen and oxygen atoms in total. The van der Waals surface area contributed by atoms with E-state index in [2.05, 4.69) is 18.3 Å². The lowest BCUT2D eigenvalue weighted by molar-refractivity contribution is -0.431. The summed E-state index contributed by atoms with van der Waals surface area (Å²) in [6.45, 7) is 14.2. The second-order valence-electron chi connectivity index (χ2n) is 6.09. The molecule has 3 unspecified atom stereocenters. The van der Waals surface area contributed by atoms with E-state index in [1.54, 1.807) is 10.9 Å². The molecule has 118 valence electrons. The lowest BCUT2D eigenvalue weighted by Crippen LogP contribution is -2.24. The Morgan fingerprint density at radius 3 is 2.64 bits per heavy atom. The number of aliphatic imine (C=N–C) groups is 1. The summed E-state index contributed by atoms with van der Waals surface area (Å²) in [5, 5.41) is 10.7. The molecule has 0 amide bonds. The van der Waals surface area contributed by atoms with Crippen molar-refractivity contribution in [1.29, 1.82) is 0 Å². The fourth-order valence-corrected chi connectivity index (χ4v) is 2.84. The SMILES string of the molecule is C=C(c1ccccc1C)C1C([N+](=C)/C=N\C(C)C)C1(O)OC. The third-order valence-electron chi connectivity index (χ3n) is 4.14. The minimum Gasteiger partial charge on any atom is -0.362 e. The number of methoxy groups -OCH3 is 1. The number of hydrogen-bond donors (Lipinski definition) is 1. The van der Waals surface area contributed by atoms with Crippen molar-refractivity contribution in [3.05, 3.63) is 42.0 Å². The lowest BCUT2D eigenvalue weighted by atomic mass is 9.98. The zero-order valence-corrected chi connectivity index (χ0v) is 13.8. The molecule has 0 heterocycles. The van der Waals surface area contributed by atoms with Gasteiger partial charge in [0.25, 0.3) is 6.34 Å². The first-order chi connectivity index (χ1) is 10.3. The number of hydrogen-bond acceptors (Lipinski definition) is 3. The molecule has 3 atom stereocenters. The molecule has 2 rings (SSSR count). The van der Waals surface area contributed by atoms with Crippen LogP contribution < -0.4 is 0 Å². The van der Waals surface area contributed by atoms with Crippen molar-refractivity contribution in [2.45, 2.75) is 38.6 Å². The molecule has 4 heteroatoms. The van der Waals surface area contributed by atoms with Crippen molar-refractivity contribution in [3.63, 3.8) is 0 Å². The summed E-state index contributed by atoms with van der Waals surface area (Å²) in [7, 11) is 1.51. The summed E-state index contributed by atoms with van der Waals surface area (Å²) in [6.07, 6.45) is 1.66. The van der Waals surface area contributed by atoms with E-state index in [1.807, 2.05) is 45.0 Å². The molecule has 22 heavy (non-hydrogen) atoms. The van der Waals surface area contributed by atoms with Gasteiger partial charge < -0.3 is 9.84 Å². The van der Waals surface area contributed by atoms with Crippen LogP contribution in [0, 0.1) is 12.8 Å². The second-order valence-corrected chi connectivity index (χ2v) is 6.09. The van der Waals surface area contributed by atoms with Crippen molar-refractivity contribution >= 4 is 18.6 Å². The summed E-state index contributed by atoms with van der Waals surface area (Å²) in [6, 6.07) is 7.90. The van der Waals surface area contributed by atoms with Crippen molar-refractivity contribution in [2.24, 2.45) is 10.9 Å². The summed E-state index contributed by atoms with van der Waals surface area (Å²) in [5.41, 5.74) is 3.03. The fourth-order valence-electron chi connectivity index (χ4n) is 2.84. The van der Waals surface area contributed by atoms with E-state index in [-0.39, 0.29) is 18.0 Å². The molecular weight excluding hydrogens is 276 g/mol. The van der Waals surface area contributed by atoms with Gasteiger partial charge in [-0.25, -0.2) is 4.58 Å². The molecule has 1 aliphatic carbocycles. The fraction of sp³-hybridized carbons (Fsp3) is 0.444. The Labute approximate surface area is 132 Å². The van der Waals surface area contributed by atoms with Gasteiger partial charge in [-0.2, -0.15) is 0 Å². The van der Waals surface area contributed by atoms with Crippen molar-refractivity contribution in [2.75, 3.05) is 7.11 Å². The molecule has 1 aromatic carbocycles. The lowest BCUT2D eigenvalue weighted by Gasteiger charge is -2.10. The van der Waals surface area contributed by atoms with Crippen LogP contribution in [0.5, 0.6) is 0 Å². The minimum atomic E-state index is -1.27. The topological polar surface area (TPSA) is 44.8 Å². The predicted octanol–water partition coefficient (Wildman–Crippen LogP) is 2.49. The number of benzene rings is 1. The van der Waals surface area contributed by atoms with E-state index in [9.17, 15) is 5.11 Å². The zero-order chi connectivity index (χ0) is 16.5.